The van der Waals surface area contributed by atoms with Crippen LogP contribution in [0.15, 0.2) is 64.5 Å². The van der Waals surface area contributed by atoms with E-state index in [1.165, 1.54) is 25.4 Å². The normalized spacial score (nSPS) is 15.7. The Kier molecular flexibility index (Phi) is 8.36. The van der Waals surface area contributed by atoms with Crippen LogP contribution in [0.5, 0.6) is 11.5 Å². The number of aliphatic imine (C=N–C) groups is 1. The Hall–Kier alpha value is -3.74. The van der Waals surface area contributed by atoms with Crippen molar-refractivity contribution in [3.05, 3.63) is 76.6 Å². The van der Waals surface area contributed by atoms with Gasteiger partial charge in [0.1, 0.15) is 17.0 Å². The predicted octanol–water partition coefficient (Wildman–Crippen LogP) is 4.68. The van der Waals surface area contributed by atoms with Crippen LogP contribution < -0.4 is 21.1 Å². The van der Waals surface area contributed by atoms with Crippen LogP contribution in [0.1, 0.15) is 37.1 Å². The highest BCUT2D eigenvalue weighted by Gasteiger charge is 2.51. The molecule has 3 rings (SSSR count). The molecule has 0 saturated heterocycles. The smallest absolute Gasteiger partial charge is 0.420 e. The minimum Gasteiger partial charge on any atom is -0.455 e. The molecule has 1 saturated carbocycles. The first-order chi connectivity index (χ1) is 17.4. The molecule has 1 aromatic carbocycles. The summed E-state index contributed by atoms with van der Waals surface area (Å²) in [6.07, 6.45) is 0.494. The number of nitrogens with one attached hydrogen (secondary N) is 2. The molecule has 0 bridgehead atoms. The molecular weight excluding hydrogens is 562 g/mol. The first kappa shape index (κ1) is 27.8. The van der Waals surface area contributed by atoms with Crippen LogP contribution in [-0.2, 0) is 15.8 Å². The molecule has 2 aromatic rings. The van der Waals surface area contributed by atoms with Gasteiger partial charge in [-0.05, 0) is 38.0 Å². The quantitative estimate of drug-likeness (QED) is 0.225. The average Bonchev–Trinajstić information content (AvgIpc) is 3.60. The molecule has 1 aromatic heterocycles. The molecule has 8 nitrogen and oxygen atoms in total. The second-order valence-electron chi connectivity index (χ2n) is 8.09. The SMILES string of the molecule is C=CN=C/C(=C\N)C(=O)NC1(C(=O)NC(C)c2ncc(Oc3ccc(Br)cc3C(F)(F)F)cc2F)CC1. The summed E-state index contributed by atoms with van der Waals surface area (Å²) in [5.41, 5.74) is 3.04. The van der Waals surface area contributed by atoms with E-state index in [2.05, 4.69) is 43.1 Å². The highest BCUT2D eigenvalue weighted by molar-refractivity contribution is 9.10. The van der Waals surface area contributed by atoms with Crippen LogP contribution >= 0.6 is 15.9 Å². The summed E-state index contributed by atoms with van der Waals surface area (Å²) in [5, 5.41) is 5.20. The molecule has 1 heterocycles. The third-order valence-corrected chi connectivity index (χ3v) is 5.87. The minimum atomic E-state index is -4.70. The number of ether oxygens (including phenoxy) is 1. The number of amides is 2. The van der Waals surface area contributed by atoms with Crippen molar-refractivity contribution < 1.29 is 31.9 Å². The Bertz CT molecular complexity index is 1280. The molecule has 0 spiro atoms. The van der Waals surface area contributed by atoms with Crippen molar-refractivity contribution in [1.82, 2.24) is 15.6 Å². The summed E-state index contributed by atoms with van der Waals surface area (Å²) >= 11 is 2.98. The zero-order valence-corrected chi connectivity index (χ0v) is 21.0. The Labute approximate surface area is 217 Å². The molecule has 1 atom stereocenters. The maximum atomic E-state index is 14.8. The van der Waals surface area contributed by atoms with Crippen molar-refractivity contribution in [3.8, 4) is 11.5 Å². The lowest BCUT2D eigenvalue weighted by molar-refractivity contribution is -0.138. The molecule has 4 N–H and O–H groups in total. The maximum Gasteiger partial charge on any atom is 0.420 e. The van der Waals surface area contributed by atoms with E-state index >= 15 is 0 Å². The van der Waals surface area contributed by atoms with Crippen LogP contribution in [0, 0.1) is 5.82 Å². The molecule has 0 aliphatic heterocycles. The van der Waals surface area contributed by atoms with Crippen molar-refractivity contribution in [2.24, 2.45) is 10.7 Å². The summed E-state index contributed by atoms with van der Waals surface area (Å²) in [6, 6.07) is 3.24. The molecule has 1 aliphatic rings. The maximum absolute atomic E-state index is 14.8. The van der Waals surface area contributed by atoms with Crippen molar-refractivity contribution in [2.75, 3.05) is 0 Å². The minimum absolute atomic E-state index is 0.0229. The van der Waals surface area contributed by atoms with Gasteiger partial charge in [-0.3, -0.25) is 19.6 Å². The fourth-order valence-corrected chi connectivity index (χ4v) is 3.64. The van der Waals surface area contributed by atoms with E-state index in [1.54, 1.807) is 0 Å². The largest absolute Gasteiger partial charge is 0.455 e. The Morgan fingerprint density at radius 2 is 2.03 bits per heavy atom. The van der Waals surface area contributed by atoms with Gasteiger partial charge in [0.25, 0.3) is 5.91 Å². The second kappa shape index (κ2) is 11.1. The zero-order valence-electron chi connectivity index (χ0n) is 19.4. The Morgan fingerprint density at radius 3 is 2.59 bits per heavy atom. The van der Waals surface area contributed by atoms with Gasteiger partial charge in [0, 0.05) is 29.2 Å². The van der Waals surface area contributed by atoms with Crippen molar-refractivity contribution in [1.29, 1.82) is 0 Å². The summed E-state index contributed by atoms with van der Waals surface area (Å²) in [4.78, 5) is 32.9. The van der Waals surface area contributed by atoms with Crippen LogP contribution in [0.25, 0.3) is 0 Å². The van der Waals surface area contributed by atoms with E-state index in [-0.39, 0.29) is 21.5 Å². The number of benzene rings is 1. The fraction of sp³-hybridized carbons (Fsp3) is 0.250. The molecule has 1 fully saturated rings. The average molecular weight is 584 g/mol. The van der Waals surface area contributed by atoms with Gasteiger partial charge in [-0.1, -0.05) is 22.5 Å². The zero-order chi connectivity index (χ0) is 27.4. The van der Waals surface area contributed by atoms with E-state index in [0.717, 1.165) is 30.6 Å². The number of rotatable bonds is 9. The standard InChI is InChI=1S/C24H22BrF4N5O3/c1-3-31-11-14(10-30)21(35)34-23(6-7-23)22(36)33-13(2)20-18(26)9-16(12-32-20)37-19-5-4-15(25)8-17(19)24(27,28)29/h3-5,8-13H,1,6-7,30H2,2H3,(H,33,36)(H,34,35)/b14-10+,31-11?. The van der Waals surface area contributed by atoms with Crippen LogP contribution in [-0.4, -0.2) is 28.6 Å². The first-order valence-electron chi connectivity index (χ1n) is 10.8. The molecule has 2 amide bonds. The molecule has 1 aliphatic carbocycles. The topological polar surface area (TPSA) is 119 Å². The number of carbonyl (C=O) groups excluding carboxylic acids is 2. The molecule has 0 radical (unpaired) electrons. The number of carbonyl (C=O) groups is 2. The van der Waals surface area contributed by atoms with Crippen LogP contribution in [0.2, 0.25) is 0 Å². The van der Waals surface area contributed by atoms with Gasteiger partial charge in [-0.2, -0.15) is 13.2 Å². The van der Waals surface area contributed by atoms with Crippen molar-refractivity contribution >= 4 is 34.0 Å². The van der Waals surface area contributed by atoms with Gasteiger partial charge in [0.15, 0.2) is 5.82 Å². The number of nitrogens with two attached hydrogens (primary N) is 1. The molecule has 37 heavy (non-hydrogen) atoms. The lowest BCUT2D eigenvalue weighted by Crippen LogP contribution is -2.50. The number of alkyl halides is 3. The highest BCUT2D eigenvalue weighted by Crippen LogP contribution is 2.40. The monoisotopic (exact) mass is 583 g/mol. The van der Waals surface area contributed by atoms with Crippen molar-refractivity contribution in [2.45, 2.75) is 37.5 Å². The Balaban J connectivity index is 1.70. The number of halogens is 5. The second-order valence-corrected chi connectivity index (χ2v) is 9.01. The molecule has 196 valence electrons. The summed E-state index contributed by atoms with van der Waals surface area (Å²) < 4.78 is 60.2. The van der Waals surface area contributed by atoms with E-state index in [4.69, 9.17) is 10.5 Å². The number of pyridine rings is 1. The van der Waals surface area contributed by atoms with Gasteiger partial charge in [-0.25, -0.2) is 4.39 Å². The van der Waals surface area contributed by atoms with Gasteiger partial charge < -0.3 is 21.1 Å². The number of hydrogen-bond donors (Lipinski definition) is 3. The predicted molar refractivity (Wildman–Crippen MR) is 131 cm³/mol. The van der Waals surface area contributed by atoms with E-state index < -0.39 is 46.7 Å². The summed E-state index contributed by atoms with van der Waals surface area (Å²) in [6.45, 7) is 4.87. The number of nitrogens with zero attached hydrogens (tertiary/aromatic N) is 2. The van der Waals surface area contributed by atoms with Gasteiger partial charge in [-0.15, -0.1) is 0 Å². The third kappa shape index (κ3) is 6.73. The van der Waals surface area contributed by atoms with E-state index in [0.29, 0.717) is 12.8 Å². The highest BCUT2D eigenvalue weighted by atomic mass is 79.9. The van der Waals surface area contributed by atoms with Gasteiger partial charge >= 0.3 is 6.18 Å². The lowest BCUT2D eigenvalue weighted by Gasteiger charge is -2.21. The number of hydrogen-bond acceptors (Lipinski definition) is 6. The summed E-state index contributed by atoms with van der Waals surface area (Å²) in [7, 11) is 0. The first-order valence-corrected chi connectivity index (χ1v) is 11.6. The third-order valence-electron chi connectivity index (χ3n) is 5.38. The lowest BCUT2D eigenvalue weighted by atomic mass is 10.1. The van der Waals surface area contributed by atoms with Gasteiger partial charge in [0.05, 0.1) is 29.1 Å². The molecular formula is C24H22BrF4N5O3. The van der Waals surface area contributed by atoms with Gasteiger partial charge in [0.2, 0.25) is 5.91 Å². The Morgan fingerprint density at radius 1 is 1.32 bits per heavy atom. The van der Waals surface area contributed by atoms with E-state index in [1.807, 2.05) is 0 Å². The molecule has 13 heteroatoms. The molecule has 1 unspecified atom stereocenters. The van der Waals surface area contributed by atoms with Crippen LogP contribution in [0.4, 0.5) is 17.6 Å². The van der Waals surface area contributed by atoms with Crippen molar-refractivity contribution in [3.63, 3.8) is 0 Å². The fourth-order valence-electron chi connectivity index (χ4n) is 3.28. The summed E-state index contributed by atoms with van der Waals surface area (Å²) in [5.74, 6) is -2.87. The number of aromatic nitrogens is 1. The van der Waals surface area contributed by atoms with Crippen LogP contribution in [0.3, 0.4) is 0 Å². The van der Waals surface area contributed by atoms with E-state index in [9.17, 15) is 27.2 Å².